The van der Waals surface area contributed by atoms with E-state index in [9.17, 15) is 0 Å². The third-order valence-corrected chi connectivity index (χ3v) is 1.92. The summed E-state index contributed by atoms with van der Waals surface area (Å²) in [7, 11) is 0. The first kappa shape index (κ1) is 7.62. The zero-order valence-corrected chi connectivity index (χ0v) is 7.00. The Morgan fingerprint density at radius 2 is 2.33 bits per heavy atom. The van der Waals surface area contributed by atoms with E-state index in [0.29, 0.717) is 0 Å². The summed E-state index contributed by atoms with van der Waals surface area (Å²) in [5.41, 5.74) is 1.18. The maximum atomic E-state index is 5.25. The van der Waals surface area contributed by atoms with Crippen LogP contribution in [0.25, 0.3) is 0 Å². The van der Waals surface area contributed by atoms with Gasteiger partial charge in [0.25, 0.3) is 0 Å². The number of para-hydroxylation sites is 1. The highest BCUT2D eigenvalue weighted by Crippen LogP contribution is 2.33. The number of hydrogen-bond acceptors (Lipinski definition) is 2. The highest BCUT2D eigenvalue weighted by molar-refractivity contribution is 5.40. The zero-order chi connectivity index (χ0) is 8.39. The molecule has 1 heterocycles. The molecule has 12 heavy (non-hydrogen) atoms. The maximum Gasteiger partial charge on any atom is 0.219 e. The fourth-order valence-corrected chi connectivity index (χ4v) is 1.35. The van der Waals surface area contributed by atoms with Gasteiger partial charge in [-0.2, -0.15) is 0 Å². The third kappa shape index (κ3) is 1.18. The van der Waals surface area contributed by atoms with Crippen molar-refractivity contribution in [3.63, 3.8) is 0 Å². The highest BCUT2D eigenvalue weighted by Gasteiger charge is 2.23. The van der Waals surface area contributed by atoms with E-state index in [4.69, 9.17) is 4.74 Å². The Bertz CT molecular complexity index is 270. The average molecular weight is 161 g/mol. The Morgan fingerprint density at radius 3 is 3.17 bits per heavy atom. The smallest absolute Gasteiger partial charge is 0.219 e. The summed E-state index contributed by atoms with van der Waals surface area (Å²) in [6.45, 7) is 5.91. The Kier molecular flexibility index (Phi) is 2.00. The van der Waals surface area contributed by atoms with Crippen molar-refractivity contribution in [3.05, 3.63) is 36.4 Å². The number of likely N-dealkylation sites (N-methyl/N-ethyl adjacent to an activating group) is 1. The van der Waals surface area contributed by atoms with Gasteiger partial charge in [-0.3, -0.25) is 0 Å². The van der Waals surface area contributed by atoms with E-state index in [1.807, 2.05) is 18.2 Å². The van der Waals surface area contributed by atoms with E-state index in [0.717, 1.165) is 12.3 Å². The van der Waals surface area contributed by atoms with E-state index in [-0.39, 0.29) is 6.04 Å². The quantitative estimate of drug-likeness (QED) is 0.713. The molecule has 0 saturated heterocycles. The summed E-state index contributed by atoms with van der Waals surface area (Å²) in [4.78, 5) is 0. The summed E-state index contributed by atoms with van der Waals surface area (Å²) in [6, 6.07) is 8.14. The lowest BCUT2D eigenvalue weighted by Crippen LogP contribution is -2.18. The van der Waals surface area contributed by atoms with Crippen LogP contribution in [0.4, 0.5) is 0 Å². The fourth-order valence-electron chi connectivity index (χ4n) is 1.35. The first-order valence-electron chi connectivity index (χ1n) is 4.16. The van der Waals surface area contributed by atoms with Gasteiger partial charge in [0.1, 0.15) is 5.75 Å². The molecule has 0 aromatic heterocycles. The van der Waals surface area contributed by atoms with E-state index in [1.165, 1.54) is 5.56 Å². The van der Waals surface area contributed by atoms with Crippen LogP contribution in [0, 0.1) is 6.61 Å². The number of rotatable bonds is 2. The van der Waals surface area contributed by atoms with Gasteiger partial charge >= 0.3 is 0 Å². The second-order valence-electron chi connectivity index (χ2n) is 2.75. The summed E-state index contributed by atoms with van der Waals surface area (Å²) < 4.78 is 5.25. The molecular weight excluding hydrogens is 150 g/mol. The molecule has 2 heteroatoms. The van der Waals surface area contributed by atoms with Crippen molar-refractivity contribution >= 4 is 0 Å². The average Bonchev–Trinajstić information content (AvgIpc) is 2.50. The Morgan fingerprint density at radius 1 is 1.50 bits per heavy atom. The molecule has 1 aromatic rings. The monoisotopic (exact) mass is 161 g/mol. The van der Waals surface area contributed by atoms with Crippen molar-refractivity contribution in [2.75, 3.05) is 6.54 Å². The predicted molar refractivity (Wildman–Crippen MR) is 46.7 cm³/mol. The van der Waals surface area contributed by atoms with Gasteiger partial charge in [0.2, 0.25) is 6.61 Å². The number of hydrogen-bond donors (Lipinski definition) is 1. The van der Waals surface area contributed by atoms with E-state index in [1.54, 1.807) is 0 Å². The predicted octanol–water partition coefficient (Wildman–Crippen LogP) is 1.77. The second kappa shape index (κ2) is 3.15. The van der Waals surface area contributed by atoms with Crippen LogP contribution in [0.5, 0.6) is 5.75 Å². The van der Waals surface area contributed by atoms with Crippen molar-refractivity contribution in [1.82, 2.24) is 5.32 Å². The Hall–Kier alpha value is -1.02. The summed E-state index contributed by atoms with van der Waals surface area (Å²) in [6.07, 6.45) is 0. The molecule has 2 nitrogen and oxygen atoms in total. The molecule has 0 saturated carbocycles. The van der Waals surface area contributed by atoms with Crippen molar-refractivity contribution in [2.45, 2.75) is 13.0 Å². The molecule has 1 atom stereocenters. The van der Waals surface area contributed by atoms with Crippen molar-refractivity contribution in [3.8, 4) is 5.75 Å². The van der Waals surface area contributed by atoms with Gasteiger partial charge in [-0.1, -0.05) is 25.1 Å². The number of fused-ring (bicyclic) bond motifs is 1. The molecule has 0 fully saturated rings. The minimum atomic E-state index is 0.145. The maximum absolute atomic E-state index is 5.25. The van der Waals surface area contributed by atoms with Gasteiger partial charge in [0, 0.05) is 5.56 Å². The van der Waals surface area contributed by atoms with Crippen LogP contribution in [0.15, 0.2) is 24.3 Å². The lowest BCUT2D eigenvalue weighted by atomic mass is 10.1. The Balaban J connectivity index is 2.24. The molecule has 62 valence electrons. The molecule has 2 rings (SSSR count). The largest absolute Gasteiger partial charge is 0.476 e. The molecule has 1 N–H and O–H groups in total. The normalized spacial score (nSPS) is 20.2. The van der Waals surface area contributed by atoms with Crippen LogP contribution in [0.1, 0.15) is 18.5 Å². The van der Waals surface area contributed by atoms with E-state index in [2.05, 4.69) is 24.9 Å². The highest BCUT2D eigenvalue weighted by atomic mass is 16.5. The summed E-state index contributed by atoms with van der Waals surface area (Å²) in [5, 5.41) is 3.26. The van der Waals surface area contributed by atoms with Gasteiger partial charge in [0.15, 0.2) is 0 Å². The van der Waals surface area contributed by atoms with Gasteiger partial charge < -0.3 is 10.1 Å². The molecule has 1 aromatic carbocycles. The van der Waals surface area contributed by atoms with Crippen molar-refractivity contribution in [1.29, 1.82) is 0 Å². The fraction of sp³-hybridized carbons (Fsp3) is 0.300. The first-order valence-corrected chi connectivity index (χ1v) is 4.16. The molecule has 2 radical (unpaired) electrons. The minimum Gasteiger partial charge on any atom is -0.476 e. The molecule has 0 aliphatic carbocycles. The first-order chi connectivity index (χ1) is 5.92. The van der Waals surface area contributed by atoms with Crippen LogP contribution in [0.3, 0.4) is 0 Å². The van der Waals surface area contributed by atoms with Gasteiger partial charge in [-0.15, -0.1) is 0 Å². The van der Waals surface area contributed by atoms with Gasteiger partial charge in [0.05, 0.1) is 6.04 Å². The minimum absolute atomic E-state index is 0.145. The topological polar surface area (TPSA) is 21.3 Å². The van der Waals surface area contributed by atoms with Crippen molar-refractivity contribution in [2.24, 2.45) is 0 Å². The van der Waals surface area contributed by atoms with Crippen LogP contribution in [-0.4, -0.2) is 6.54 Å². The van der Waals surface area contributed by atoms with E-state index >= 15 is 0 Å². The molecule has 1 aliphatic heterocycles. The SMILES string of the molecule is CCNC1[C]Oc2ccccc21. The summed E-state index contributed by atoms with van der Waals surface area (Å²) >= 11 is 0. The second-order valence-corrected chi connectivity index (χ2v) is 2.75. The number of benzene rings is 1. The Labute approximate surface area is 72.5 Å². The van der Waals surface area contributed by atoms with Crippen LogP contribution in [-0.2, 0) is 0 Å². The number of nitrogens with one attached hydrogen (secondary N) is 1. The van der Waals surface area contributed by atoms with E-state index < -0.39 is 0 Å². The molecular formula is C10H11NO. The van der Waals surface area contributed by atoms with Gasteiger partial charge in [-0.05, 0) is 12.6 Å². The van der Waals surface area contributed by atoms with Crippen LogP contribution in [0.2, 0.25) is 0 Å². The third-order valence-electron chi connectivity index (χ3n) is 1.92. The zero-order valence-electron chi connectivity index (χ0n) is 7.00. The van der Waals surface area contributed by atoms with Crippen molar-refractivity contribution < 1.29 is 4.74 Å². The van der Waals surface area contributed by atoms with Crippen LogP contribution >= 0.6 is 0 Å². The molecule has 0 bridgehead atoms. The van der Waals surface area contributed by atoms with Crippen LogP contribution < -0.4 is 10.1 Å². The molecule has 1 aliphatic rings. The summed E-state index contributed by atoms with van der Waals surface area (Å²) in [5.74, 6) is 0.920. The lowest BCUT2D eigenvalue weighted by molar-refractivity contribution is 0.396. The molecule has 0 spiro atoms. The molecule has 0 amide bonds. The van der Waals surface area contributed by atoms with Gasteiger partial charge in [-0.25, -0.2) is 0 Å². The number of ether oxygens (including phenoxy) is 1. The molecule has 1 unspecified atom stereocenters. The standard InChI is InChI=1S/C10H11NO/c1-2-11-9-7-12-10-6-4-3-5-8(9)10/h3-6,9,11H,2H2,1H3. The lowest BCUT2D eigenvalue weighted by Gasteiger charge is -2.06.